The molecule has 1 fully saturated rings. The van der Waals surface area contributed by atoms with Crippen LogP contribution in [0.5, 0.6) is 0 Å². The monoisotopic (exact) mass is 248 g/mol. The topological polar surface area (TPSA) is 33.1 Å². The minimum absolute atomic E-state index is 0.547. The van der Waals surface area contributed by atoms with Gasteiger partial charge in [-0.05, 0) is 13.0 Å². The van der Waals surface area contributed by atoms with Crippen molar-refractivity contribution in [3.63, 3.8) is 0 Å². The fraction of sp³-hybridized carbons (Fsp3) is 0.700. The van der Waals surface area contributed by atoms with E-state index in [-0.39, 0.29) is 0 Å². The Morgan fingerprint density at radius 3 is 2.88 bits per heavy atom. The first-order valence-corrected chi connectivity index (χ1v) is 5.60. The number of nitrogens with one attached hydrogen (secondary N) is 1. The summed E-state index contributed by atoms with van der Waals surface area (Å²) in [5.74, 6) is 0.547. The summed E-state index contributed by atoms with van der Waals surface area (Å²) in [6.45, 7) is 2.14. The molecule has 0 radical (unpaired) electrons. The smallest absolute Gasteiger partial charge is 0.355 e. The van der Waals surface area contributed by atoms with Gasteiger partial charge < -0.3 is 10.2 Å². The Balaban J connectivity index is 2.11. The van der Waals surface area contributed by atoms with E-state index in [4.69, 9.17) is 0 Å². The molecule has 17 heavy (non-hydrogen) atoms. The van der Waals surface area contributed by atoms with Crippen molar-refractivity contribution in [2.75, 3.05) is 31.1 Å². The number of halogens is 3. The van der Waals surface area contributed by atoms with Crippen LogP contribution < -0.4 is 10.2 Å². The summed E-state index contributed by atoms with van der Waals surface area (Å²) in [5, 5.41) is 6.96. The van der Waals surface area contributed by atoms with Crippen molar-refractivity contribution in [2.45, 2.75) is 19.1 Å². The molecule has 1 saturated heterocycles. The molecule has 0 unspecified atom stereocenters. The van der Waals surface area contributed by atoms with Crippen LogP contribution in [0.25, 0.3) is 0 Å². The Kier molecular flexibility index (Phi) is 3.56. The van der Waals surface area contributed by atoms with E-state index in [1.54, 1.807) is 6.07 Å². The Hall–Kier alpha value is -1.24. The molecule has 0 aliphatic carbocycles. The molecule has 0 amide bonds. The highest BCUT2D eigenvalue weighted by molar-refractivity contribution is 5.38. The fourth-order valence-electron chi connectivity index (χ4n) is 1.96. The van der Waals surface area contributed by atoms with Crippen LogP contribution in [0, 0.1) is 0 Å². The number of hydrogen-bond donors (Lipinski definition) is 1. The van der Waals surface area contributed by atoms with Gasteiger partial charge in [0.15, 0.2) is 0 Å². The third-order valence-electron chi connectivity index (χ3n) is 2.69. The van der Waals surface area contributed by atoms with Crippen LogP contribution in [0.3, 0.4) is 0 Å². The van der Waals surface area contributed by atoms with Crippen LogP contribution in [-0.4, -0.2) is 42.1 Å². The van der Waals surface area contributed by atoms with E-state index in [1.807, 2.05) is 4.90 Å². The minimum atomic E-state index is -4.23. The zero-order valence-corrected chi connectivity index (χ0v) is 9.37. The number of alkyl halides is 3. The number of aromatic nitrogens is 2. The Morgan fingerprint density at radius 2 is 2.12 bits per heavy atom. The molecule has 0 bridgehead atoms. The van der Waals surface area contributed by atoms with Gasteiger partial charge in [-0.25, -0.2) is 4.68 Å². The lowest BCUT2D eigenvalue weighted by Gasteiger charge is -2.23. The van der Waals surface area contributed by atoms with E-state index in [9.17, 15) is 13.2 Å². The molecule has 2 rings (SSSR count). The second-order valence-electron chi connectivity index (χ2n) is 4.05. The zero-order valence-electron chi connectivity index (χ0n) is 9.37. The van der Waals surface area contributed by atoms with Gasteiger partial charge >= 0.3 is 6.18 Å². The van der Waals surface area contributed by atoms with Gasteiger partial charge in [-0.15, -0.1) is 0 Å². The average Bonchev–Trinajstić information content (AvgIpc) is 2.52. The van der Waals surface area contributed by atoms with Gasteiger partial charge in [0.2, 0.25) is 0 Å². The first kappa shape index (κ1) is 12.2. The van der Waals surface area contributed by atoms with E-state index in [2.05, 4.69) is 10.4 Å². The zero-order chi connectivity index (χ0) is 12.3. The molecular weight excluding hydrogens is 233 g/mol. The summed E-state index contributed by atoms with van der Waals surface area (Å²) < 4.78 is 38.1. The third-order valence-corrected chi connectivity index (χ3v) is 2.69. The Bertz CT molecular complexity index is 353. The maximum Gasteiger partial charge on any atom is 0.408 e. The van der Waals surface area contributed by atoms with Crippen molar-refractivity contribution in [3.05, 3.63) is 12.3 Å². The number of anilines is 1. The highest BCUT2D eigenvalue weighted by atomic mass is 19.4. The Labute approximate surface area is 97.4 Å². The highest BCUT2D eigenvalue weighted by Crippen LogP contribution is 2.22. The van der Waals surface area contributed by atoms with Crippen LogP contribution in [0.15, 0.2) is 12.3 Å². The van der Waals surface area contributed by atoms with E-state index >= 15 is 0 Å². The molecule has 1 aliphatic heterocycles. The van der Waals surface area contributed by atoms with Crippen molar-refractivity contribution in [2.24, 2.45) is 0 Å². The van der Waals surface area contributed by atoms with Crippen LogP contribution in [0.1, 0.15) is 6.42 Å². The SMILES string of the molecule is FC(F)(F)Cn1nccc1N1CCCNCC1. The highest BCUT2D eigenvalue weighted by Gasteiger charge is 2.30. The first-order chi connectivity index (χ1) is 8.06. The van der Waals surface area contributed by atoms with E-state index < -0.39 is 12.7 Å². The predicted octanol–water partition coefficient (Wildman–Crippen LogP) is 1.25. The van der Waals surface area contributed by atoms with Gasteiger partial charge in [0.05, 0.1) is 6.20 Å². The lowest BCUT2D eigenvalue weighted by molar-refractivity contribution is -0.142. The summed E-state index contributed by atoms with van der Waals surface area (Å²) in [6, 6.07) is 1.64. The fourth-order valence-corrected chi connectivity index (χ4v) is 1.96. The molecule has 1 aliphatic rings. The van der Waals surface area contributed by atoms with Crippen molar-refractivity contribution in [1.82, 2.24) is 15.1 Å². The summed E-state index contributed by atoms with van der Waals surface area (Å²) in [4.78, 5) is 1.94. The van der Waals surface area contributed by atoms with Crippen LogP contribution >= 0.6 is 0 Å². The minimum Gasteiger partial charge on any atom is -0.355 e. The molecule has 1 aromatic rings. The number of rotatable bonds is 2. The van der Waals surface area contributed by atoms with E-state index in [1.165, 1.54) is 6.20 Å². The van der Waals surface area contributed by atoms with E-state index in [0.717, 1.165) is 30.7 Å². The molecule has 0 atom stereocenters. The number of hydrogen-bond acceptors (Lipinski definition) is 3. The average molecular weight is 248 g/mol. The molecule has 1 N–H and O–H groups in total. The summed E-state index contributed by atoms with van der Waals surface area (Å²) in [7, 11) is 0. The standard InChI is InChI=1S/C10H15F3N4/c11-10(12,13)8-17-9(2-4-15-17)16-6-1-3-14-5-7-16/h2,4,14H,1,3,5-8H2. The molecule has 7 heteroatoms. The van der Waals surface area contributed by atoms with Gasteiger partial charge in [0.1, 0.15) is 12.4 Å². The lowest BCUT2D eigenvalue weighted by Crippen LogP contribution is -2.31. The van der Waals surface area contributed by atoms with Crippen LogP contribution in [0.4, 0.5) is 19.0 Å². The molecule has 0 aromatic carbocycles. The third kappa shape index (κ3) is 3.36. The quantitative estimate of drug-likeness (QED) is 0.855. The molecule has 0 spiro atoms. The normalized spacial score (nSPS) is 18.2. The van der Waals surface area contributed by atoms with Gasteiger partial charge in [0.25, 0.3) is 0 Å². The maximum atomic E-state index is 12.4. The predicted molar refractivity (Wildman–Crippen MR) is 58.0 cm³/mol. The first-order valence-electron chi connectivity index (χ1n) is 5.60. The molecule has 1 aromatic heterocycles. The van der Waals surface area contributed by atoms with Gasteiger partial charge in [-0.1, -0.05) is 0 Å². The molecule has 0 saturated carbocycles. The summed E-state index contributed by atoms with van der Waals surface area (Å²) in [6.07, 6.45) is -1.89. The molecule has 96 valence electrons. The lowest BCUT2D eigenvalue weighted by atomic mass is 10.4. The molecular formula is C10H15F3N4. The number of nitrogens with zero attached hydrogens (tertiary/aromatic N) is 3. The molecule has 2 heterocycles. The van der Waals surface area contributed by atoms with Crippen molar-refractivity contribution in [1.29, 1.82) is 0 Å². The van der Waals surface area contributed by atoms with E-state index in [0.29, 0.717) is 12.4 Å². The van der Waals surface area contributed by atoms with Crippen molar-refractivity contribution < 1.29 is 13.2 Å². The molecule has 4 nitrogen and oxygen atoms in total. The van der Waals surface area contributed by atoms with Gasteiger partial charge in [-0.3, -0.25) is 0 Å². The maximum absolute atomic E-state index is 12.4. The van der Waals surface area contributed by atoms with Crippen molar-refractivity contribution in [3.8, 4) is 0 Å². The van der Waals surface area contributed by atoms with Gasteiger partial charge in [0, 0.05) is 25.7 Å². The van der Waals surface area contributed by atoms with Crippen LogP contribution in [-0.2, 0) is 6.54 Å². The van der Waals surface area contributed by atoms with Crippen LogP contribution in [0.2, 0.25) is 0 Å². The van der Waals surface area contributed by atoms with Crippen molar-refractivity contribution >= 4 is 5.82 Å². The Morgan fingerprint density at radius 1 is 1.29 bits per heavy atom. The summed E-state index contributed by atoms with van der Waals surface area (Å²) >= 11 is 0. The summed E-state index contributed by atoms with van der Waals surface area (Å²) in [5.41, 5.74) is 0. The van der Waals surface area contributed by atoms with Gasteiger partial charge in [-0.2, -0.15) is 18.3 Å². The largest absolute Gasteiger partial charge is 0.408 e. The second kappa shape index (κ2) is 4.95. The second-order valence-corrected chi connectivity index (χ2v) is 4.05.